The summed E-state index contributed by atoms with van der Waals surface area (Å²) in [6.45, 7) is 1.67. The molecular weight excluding hydrogens is 280 g/mol. The Balaban J connectivity index is 2.27. The number of halogens is 3. The zero-order valence-electron chi connectivity index (χ0n) is 9.10. The summed E-state index contributed by atoms with van der Waals surface area (Å²) in [6.07, 6.45) is 1.90. The maximum atomic E-state index is 12.3. The third kappa shape index (κ3) is 2.76. The quantitative estimate of drug-likeness (QED) is 0.663. The molecule has 0 aromatic heterocycles. The van der Waals surface area contributed by atoms with Crippen LogP contribution in [0.5, 0.6) is 0 Å². The summed E-state index contributed by atoms with van der Waals surface area (Å²) in [5, 5.41) is 4.09. The van der Waals surface area contributed by atoms with E-state index in [1.54, 1.807) is 12.1 Å². The van der Waals surface area contributed by atoms with Gasteiger partial charge in [0.25, 0.3) is 0 Å². The number of carbonyl (C=O) groups is 1. The van der Waals surface area contributed by atoms with Crippen molar-refractivity contribution in [3.05, 3.63) is 32.8 Å². The lowest BCUT2D eigenvalue weighted by molar-refractivity contribution is 0.0900. The van der Waals surface area contributed by atoms with Gasteiger partial charge in [0.05, 0.1) is 15.1 Å². The highest BCUT2D eigenvalue weighted by Crippen LogP contribution is 2.34. The molecule has 0 aliphatic carbocycles. The van der Waals surface area contributed by atoms with Gasteiger partial charge in [0.1, 0.15) is 0 Å². The molecule has 0 amide bonds. The van der Waals surface area contributed by atoms with Crippen molar-refractivity contribution in [3.8, 4) is 0 Å². The highest BCUT2D eigenvalue weighted by Gasteiger charge is 2.25. The summed E-state index contributed by atoms with van der Waals surface area (Å²) in [6, 6.07) is 3.26. The predicted octanol–water partition coefficient (Wildman–Crippen LogP) is 3.83. The SMILES string of the molecule is O=C(c1ccc(Cl)c(Cl)c1Cl)C1CCCNC1. The Kier molecular flexibility index (Phi) is 4.31. The second kappa shape index (κ2) is 5.57. The van der Waals surface area contributed by atoms with Gasteiger partial charge in [-0.05, 0) is 31.5 Å². The summed E-state index contributed by atoms with van der Waals surface area (Å²) in [4.78, 5) is 12.3. The highest BCUT2D eigenvalue weighted by molar-refractivity contribution is 6.49. The number of nitrogens with one attached hydrogen (secondary N) is 1. The summed E-state index contributed by atoms with van der Waals surface area (Å²) in [7, 11) is 0. The number of Topliss-reactive ketones (excluding diaryl/α,β-unsaturated/α-hetero) is 1. The van der Waals surface area contributed by atoms with E-state index in [1.165, 1.54) is 0 Å². The molecule has 2 rings (SSSR count). The standard InChI is InChI=1S/C12H12Cl3NO/c13-9-4-3-8(10(14)11(9)15)12(17)7-2-1-5-16-6-7/h3-4,7,16H,1-2,5-6H2. The number of piperidine rings is 1. The number of rotatable bonds is 2. The van der Waals surface area contributed by atoms with Gasteiger partial charge in [-0.3, -0.25) is 4.79 Å². The van der Waals surface area contributed by atoms with Crippen LogP contribution in [0, 0.1) is 5.92 Å². The number of ketones is 1. The second-order valence-corrected chi connectivity index (χ2v) is 5.29. The Hall–Kier alpha value is -0.280. The van der Waals surface area contributed by atoms with Crippen LogP contribution in [-0.4, -0.2) is 18.9 Å². The van der Waals surface area contributed by atoms with Crippen molar-refractivity contribution in [2.24, 2.45) is 5.92 Å². The average Bonchev–Trinajstić information content (AvgIpc) is 2.36. The van der Waals surface area contributed by atoms with Gasteiger partial charge in [0.15, 0.2) is 5.78 Å². The topological polar surface area (TPSA) is 29.1 Å². The summed E-state index contributed by atoms with van der Waals surface area (Å²) in [5.41, 5.74) is 0.467. The molecule has 1 N–H and O–H groups in total. The molecular formula is C12H12Cl3NO. The van der Waals surface area contributed by atoms with Crippen LogP contribution in [0.25, 0.3) is 0 Å². The van der Waals surface area contributed by atoms with Crippen LogP contribution in [0.2, 0.25) is 15.1 Å². The van der Waals surface area contributed by atoms with Crippen LogP contribution in [0.3, 0.4) is 0 Å². The average molecular weight is 293 g/mol. The highest BCUT2D eigenvalue weighted by atomic mass is 35.5. The summed E-state index contributed by atoms with van der Waals surface area (Å²) < 4.78 is 0. The van der Waals surface area contributed by atoms with Crippen LogP contribution < -0.4 is 5.32 Å². The zero-order chi connectivity index (χ0) is 12.4. The third-order valence-corrected chi connectivity index (χ3v) is 4.26. The van der Waals surface area contributed by atoms with Crippen molar-refractivity contribution in [2.75, 3.05) is 13.1 Å². The largest absolute Gasteiger partial charge is 0.316 e. The zero-order valence-corrected chi connectivity index (χ0v) is 11.4. The van der Waals surface area contributed by atoms with Gasteiger partial charge >= 0.3 is 0 Å². The lowest BCUT2D eigenvalue weighted by atomic mass is 9.91. The van der Waals surface area contributed by atoms with E-state index in [0.717, 1.165) is 19.4 Å². The molecule has 0 bridgehead atoms. The minimum absolute atomic E-state index is 0.0153. The fraction of sp³-hybridized carbons (Fsp3) is 0.417. The van der Waals surface area contributed by atoms with E-state index in [-0.39, 0.29) is 21.7 Å². The van der Waals surface area contributed by atoms with Gasteiger partial charge in [-0.15, -0.1) is 0 Å². The molecule has 92 valence electrons. The minimum atomic E-state index is -0.0153. The Morgan fingerprint density at radius 1 is 1.24 bits per heavy atom. The monoisotopic (exact) mass is 291 g/mol. The molecule has 1 saturated heterocycles. The van der Waals surface area contributed by atoms with Gasteiger partial charge < -0.3 is 5.32 Å². The van der Waals surface area contributed by atoms with Crippen LogP contribution in [-0.2, 0) is 0 Å². The molecule has 17 heavy (non-hydrogen) atoms. The Morgan fingerprint density at radius 3 is 2.65 bits per heavy atom. The van der Waals surface area contributed by atoms with E-state index in [9.17, 15) is 4.79 Å². The van der Waals surface area contributed by atoms with E-state index >= 15 is 0 Å². The molecule has 1 aromatic carbocycles. The maximum absolute atomic E-state index is 12.3. The first-order valence-corrected chi connectivity index (χ1v) is 6.63. The molecule has 0 radical (unpaired) electrons. The van der Waals surface area contributed by atoms with E-state index < -0.39 is 0 Å². The van der Waals surface area contributed by atoms with E-state index in [2.05, 4.69) is 5.32 Å². The fourth-order valence-corrected chi connectivity index (χ4v) is 2.64. The molecule has 2 nitrogen and oxygen atoms in total. The number of carbonyl (C=O) groups excluding carboxylic acids is 1. The molecule has 0 saturated carbocycles. The first kappa shape index (κ1) is 13.2. The van der Waals surface area contributed by atoms with Crippen molar-refractivity contribution < 1.29 is 4.79 Å². The molecule has 1 aromatic rings. The maximum Gasteiger partial charge on any atom is 0.168 e. The van der Waals surface area contributed by atoms with Gasteiger partial charge in [-0.2, -0.15) is 0 Å². The smallest absolute Gasteiger partial charge is 0.168 e. The van der Waals surface area contributed by atoms with Gasteiger partial charge in [-0.1, -0.05) is 34.8 Å². The predicted molar refractivity (Wildman–Crippen MR) is 71.4 cm³/mol. The molecule has 5 heteroatoms. The van der Waals surface area contributed by atoms with Crippen LogP contribution >= 0.6 is 34.8 Å². The lowest BCUT2D eigenvalue weighted by Gasteiger charge is -2.22. The third-order valence-electron chi connectivity index (χ3n) is 2.97. The molecule has 1 aliphatic heterocycles. The molecule has 1 heterocycles. The molecule has 1 unspecified atom stereocenters. The van der Waals surface area contributed by atoms with Crippen molar-refractivity contribution >= 4 is 40.6 Å². The van der Waals surface area contributed by atoms with Crippen molar-refractivity contribution in [2.45, 2.75) is 12.8 Å². The number of hydrogen-bond donors (Lipinski definition) is 1. The first-order chi connectivity index (χ1) is 8.11. The number of hydrogen-bond acceptors (Lipinski definition) is 2. The van der Waals surface area contributed by atoms with Crippen LogP contribution in [0.1, 0.15) is 23.2 Å². The summed E-state index contributed by atoms with van der Waals surface area (Å²) >= 11 is 17.8. The Morgan fingerprint density at radius 2 is 2.00 bits per heavy atom. The van der Waals surface area contributed by atoms with Gasteiger partial charge in [0, 0.05) is 18.0 Å². The van der Waals surface area contributed by atoms with Crippen molar-refractivity contribution in [3.63, 3.8) is 0 Å². The number of benzene rings is 1. The first-order valence-electron chi connectivity index (χ1n) is 5.49. The molecule has 1 aliphatic rings. The van der Waals surface area contributed by atoms with E-state index in [1.807, 2.05) is 0 Å². The summed E-state index contributed by atoms with van der Waals surface area (Å²) in [5.74, 6) is 0.0271. The van der Waals surface area contributed by atoms with Crippen molar-refractivity contribution in [1.82, 2.24) is 5.32 Å². The Bertz CT molecular complexity index is 442. The van der Waals surface area contributed by atoms with E-state index in [0.29, 0.717) is 17.1 Å². The molecule has 1 atom stereocenters. The Labute approximate surface area is 115 Å². The minimum Gasteiger partial charge on any atom is -0.316 e. The van der Waals surface area contributed by atoms with Gasteiger partial charge in [0.2, 0.25) is 0 Å². The fourth-order valence-electron chi connectivity index (χ4n) is 2.01. The van der Waals surface area contributed by atoms with Crippen LogP contribution in [0.4, 0.5) is 0 Å². The molecule has 1 fully saturated rings. The van der Waals surface area contributed by atoms with E-state index in [4.69, 9.17) is 34.8 Å². The van der Waals surface area contributed by atoms with Crippen molar-refractivity contribution in [1.29, 1.82) is 0 Å². The molecule has 0 spiro atoms. The lowest BCUT2D eigenvalue weighted by Crippen LogP contribution is -2.34. The van der Waals surface area contributed by atoms with Crippen LogP contribution in [0.15, 0.2) is 12.1 Å². The second-order valence-electron chi connectivity index (χ2n) is 4.13. The van der Waals surface area contributed by atoms with Gasteiger partial charge in [-0.25, -0.2) is 0 Å². The normalized spacial score (nSPS) is 20.3.